The van der Waals surface area contributed by atoms with Crippen molar-refractivity contribution in [1.29, 1.82) is 0 Å². The van der Waals surface area contributed by atoms with E-state index in [9.17, 15) is 0 Å². The molecule has 2 N–H and O–H groups in total. The number of hydrogen-bond donors (Lipinski definition) is 2. The SMILES string of the molecule is Clc1c(CNC(C2CC2)C2CC2)[nH]c2ccccc12. The van der Waals surface area contributed by atoms with Crippen LogP contribution in [0.2, 0.25) is 5.02 Å². The van der Waals surface area contributed by atoms with Gasteiger partial charge in [-0.05, 0) is 43.6 Å². The lowest BCUT2D eigenvalue weighted by Gasteiger charge is -2.17. The average Bonchev–Trinajstić information content (AvgIpc) is 3.32. The van der Waals surface area contributed by atoms with E-state index in [2.05, 4.69) is 22.4 Å². The fourth-order valence-corrected chi connectivity index (χ4v) is 3.41. The van der Waals surface area contributed by atoms with Crippen LogP contribution in [0.25, 0.3) is 10.9 Å². The van der Waals surface area contributed by atoms with E-state index in [1.54, 1.807) is 0 Å². The van der Waals surface area contributed by atoms with Crippen LogP contribution in [0.4, 0.5) is 0 Å². The normalized spacial score (nSPS) is 19.5. The number of aromatic amines is 1. The van der Waals surface area contributed by atoms with Crippen LogP contribution in [0.1, 0.15) is 31.4 Å². The van der Waals surface area contributed by atoms with Gasteiger partial charge in [-0.1, -0.05) is 29.8 Å². The Kier molecular flexibility index (Phi) is 2.82. The summed E-state index contributed by atoms with van der Waals surface area (Å²) < 4.78 is 0. The highest BCUT2D eigenvalue weighted by Gasteiger charge is 2.41. The summed E-state index contributed by atoms with van der Waals surface area (Å²) in [5.41, 5.74) is 2.27. The van der Waals surface area contributed by atoms with E-state index in [1.807, 2.05) is 12.1 Å². The number of hydrogen-bond acceptors (Lipinski definition) is 1. The number of fused-ring (bicyclic) bond motifs is 1. The molecule has 1 aromatic heterocycles. The summed E-state index contributed by atoms with van der Waals surface area (Å²) in [5, 5.41) is 5.76. The third-order valence-electron chi connectivity index (χ3n) is 4.49. The molecule has 1 heterocycles. The Morgan fingerprint density at radius 1 is 1.16 bits per heavy atom. The Hall–Kier alpha value is -0.990. The van der Waals surface area contributed by atoms with Gasteiger partial charge in [-0.15, -0.1) is 0 Å². The first-order valence-corrected chi connectivity index (χ1v) is 7.69. The minimum Gasteiger partial charge on any atom is -0.356 e. The van der Waals surface area contributed by atoms with E-state index < -0.39 is 0 Å². The van der Waals surface area contributed by atoms with Gasteiger partial charge in [-0.2, -0.15) is 0 Å². The van der Waals surface area contributed by atoms with Gasteiger partial charge in [-0.3, -0.25) is 0 Å². The van der Waals surface area contributed by atoms with Gasteiger partial charge in [0.2, 0.25) is 0 Å². The number of para-hydroxylation sites is 1. The summed E-state index contributed by atoms with van der Waals surface area (Å²) >= 11 is 6.46. The Morgan fingerprint density at radius 3 is 2.47 bits per heavy atom. The van der Waals surface area contributed by atoms with Crippen LogP contribution in [0.3, 0.4) is 0 Å². The molecule has 100 valence electrons. The van der Waals surface area contributed by atoms with Gasteiger partial charge in [0.1, 0.15) is 0 Å². The molecular formula is C16H19ClN2. The van der Waals surface area contributed by atoms with E-state index >= 15 is 0 Å². The van der Waals surface area contributed by atoms with Crippen molar-refractivity contribution in [2.45, 2.75) is 38.3 Å². The molecule has 19 heavy (non-hydrogen) atoms. The van der Waals surface area contributed by atoms with Crippen LogP contribution >= 0.6 is 11.6 Å². The molecule has 0 atom stereocenters. The van der Waals surface area contributed by atoms with Gasteiger partial charge in [0.25, 0.3) is 0 Å². The van der Waals surface area contributed by atoms with Crippen molar-refractivity contribution < 1.29 is 0 Å². The van der Waals surface area contributed by atoms with E-state index in [4.69, 9.17) is 11.6 Å². The highest BCUT2D eigenvalue weighted by Crippen LogP contribution is 2.44. The summed E-state index contributed by atoms with van der Waals surface area (Å²) in [6, 6.07) is 8.98. The van der Waals surface area contributed by atoms with E-state index in [0.29, 0.717) is 0 Å². The number of aromatic nitrogens is 1. The highest BCUT2D eigenvalue weighted by atomic mass is 35.5. The van der Waals surface area contributed by atoms with Gasteiger partial charge >= 0.3 is 0 Å². The number of benzene rings is 1. The van der Waals surface area contributed by atoms with Crippen molar-refractivity contribution in [1.82, 2.24) is 10.3 Å². The maximum Gasteiger partial charge on any atom is 0.0705 e. The monoisotopic (exact) mass is 274 g/mol. The molecule has 0 aliphatic heterocycles. The number of nitrogens with one attached hydrogen (secondary N) is 2. The van der Waals surface area contributed by atoms with Crippen molar-refractivity contribution in [3.05, 3.63) is 35.0 Å². The van der Waals surface area contributed by atoms with E-state index in [1.165, 1.54) is 25.7 Å². The lowest BCUT2D eigenvalue weighted by Crippen LogP contribution is -2.32. The molecule has 2 nitrogen and oxygen atoms in total. The molecule has 2 aromatic rings. The van der Waals surface area contributed by atoms with Crippen LogP contribution in [-0.4, -0.2) is 11.0 Å². The second kappa shape index (κ2) is 4.53. The molecule has 0 amide bonds. The Morgan fingerprint density at radius 2 is 1.84 bits per heavy atom. The van der Waals surface area contributed by atoms with E-state index in [0.717, 1.165) is 46.0 Å². The zero-order valence-corrected chi connectivity index (χ0v) is 11.7. The molecule has 2 fully saturated rings. The zero-order chi connectivity index (χ0) is 12.8. The summed E-state index contributed by atoms with van der Waals surface area (Å²) in [6.07, 6.45) is 5.65. The average molecular weight is 275 g/mol. The smallest absolute Gasteiger partial charge is 0.0705 e. The van der Waals surface area contributed by atoms with Crippen molar-refractivity contribution in [2.75, 3.05) is 0 Å². The standard InChI is InChI=1S/C16H19ClN2/c17-15-12-3-1-2-4-13(12)19-14(15)9-18-16(10-5-6-10)11-7-8-11/h1-4,10-11,16,18-19H,5-9H2. The zero-order valence-electron chi connectivity index (χ0n) is 11.0. The molecule has 0 unspecified atom stereocenters. The van der Waals surface area contributed by atoms with Gasteiger partial charge in [-0.25, -0.2) is 0 Å². The molecule has 2 aliphatic rings. The van der Waals surface area contributed by atoms with Crippen LogP contribution < -0.4 is 5.32 Å². The first kappa shape index (κ1) is 11.8. The first-order chi connectivity index (χ1) is 9.33. The Bertz CT molecular complexity index is 584. The van der Waals surface area contributed by atoms with Crippen LogP contribution in [-0.2, 0) is 6.54 Å². The highest BCUT2D eigenvalue weighted by molar-refractivity contribution is 6.36. The van der Waals surface area contributed by atoms with Crippen LogP contribution in [0.5, 0.6) is 0 Å². The molecule has 0 bridgehead atoms. The molecule has 2 aliphatic carbocycles. The van der Waals surface area contributed by atoms with E-state index in [-0.39, 0.29) is 0 Å². The van der Waals surface area contributed by atoms with Gasteiger partial charge < -0.3 is 10.3 Å². The molecule has 0 saturated heterocycles. The second-order valence-corrected chi connectivity index (χ2v) is 6.42. The third-order valence-corrected chi connectivity index (χ3v) is 4.92. The molecule has 3 heteroatoms. The topological polar surface area (TPSA) is 27.8 Å². The largest absolute Gasteiger partial charge is 0.356 e. The quantitative estimate of drug-likeness (QED) is 0.844. The fraction of sp³-hybridized carbons (Fsp3) is 0.500. The van der Waals surface area contributed by atoms with Gasteiger partial charge in [0, 0.05) is 29.2 Å². The van der Waals surface area contributed by atoms with Crippen molar-refractivity contribution >= 4 is 22.5 Å². The second-order valence-electron chi connectivity index (χ2n) is 6.04. The molecule has 2 saturated carbocycles. The molecule has 4 rings (SSSR count). The summed E-state index contributed by atoms with van der Waals surface area (Å²) in [5.74, 6) is 1.85. The predicted molar refractivity (Wildman–Crippen MR) is 79.4 cm³/mol. The molecule has 0 radical (unpaired) electrons. The lowest BCUT2D eigenvalue weighted by molar-refractivity contribution is 0.414. The fourth-order valence-electron chi connectivity index (χ4n) is 3.13. The summed E-state index contributed by atoms with van der Waals surface area (Å²) in [7, 11) is 0. The van der Waals surface area contributed by atoms with Crippen LogP contribution in [0, 0.1) is 11.8 Å². The molecule has 1 aromatic carbocycles. The summed E-state index contributed by atoms with van der Waals surface area (Å²) in [4.78, 5) is 3.44. The molecular weight excluding hydrogens is 256 g/mol. The minimum atomic E-state index is 0.725. The van der Waals surface area contributed by atoms with Gasteiger partial charge in [0.05, 0.1) is 5.02 Å². The first-order valence-electron chi connectivity index (χ1n) is 7.31. The number of H-pyrrole nitrogens is 1. The maximum atomic E-state index is 6.46. The third kappa shape index (κ3) is 2.28. The van der Waals surface area contributed by atoms with Crippen molar-refractivity contribution in [3.63, 3.8) is 0 Å². The predicted octanol–water partition coefficient (Wildman–Crippen LogP) is 4.10. The van der Waals surface area contributed by atoms with Crippen molar-refractivity contribution in [3.8, 4) is 0 Å². The number of rotatable bonds is 5. The maximum absolute atomic E-state index is 6.46. The minimum absolute atomic E-state index is 0.725. The molecule has 0 spiro atoms. The van der Waals surface area contributed by atoms with Crippen molar-refractivity contribution in [2.24, 2.45) is 11.8 Å². The Labute approximate surface area is 118 Å². The lowest BCUT2D eigenvalue weighted by atomic mass is 10.1. The van der Waals surface area contributed by atoms with Crippen LogP contribution in [0.15, 0.2) is 24.3 Å². The van der Waals surface area contributed by atoms with Gasteiger partial charge in [0.15, 0.2) is 0 Å². The number of halogens is 1. The summed E-state index contributed by atoms with van der Waals surface area (Å²) in [6.45, 7) is 0.866. The Balaban J connectivity index is 1.52.